The number of benzene rings is 4. The van der Waals surface area contributed by atoms with Crippen molar-refractivity contribution in [2.75, 3.05) is 0 Å². The predicted molar refractivity (Wildman–Crippen MR) is 122 cm³/mol. The molecule has 4 aromatic carbocycles. The fourth-order valence-corrected chi connectivity index (χ4v) is 3.54. The number of rotatable bonds is 4. The van der Waals surface area contributed by atoms with Crippen molar-refractivity contribution >= 4 is 10.8 Å². The van der Waals surface area contributed by atoms with Crippen LogP contribution in [0.15, 0.2) is 103 Å². The Bertz CT molecular complexity index is 1290. The van der Waals surface area contributed by atoms with E-state index >= 15 is 0 Å². The number of hydrogen-bond acceptors (Lipinski definition) is 3. The summed E-state index contributed by atoms with van der Waals surface area (Å²) in [4.78, 5) is 0. The Hall–Kier alpha value is -3.98. The monoisotopic (exact) mass is 388 g/mol. The maximum atomic E-state index is 6.12. The molecule has 0 atom stereocenters. The van der Waals surface area contributed by atoms with Gasteiger partial charge < -0.3 is 4.74 Å². The Labute approximate surface area is 175 Å². The van der Waals surface area contributed by atoms with E-state index in [1.54, 1.807) is 0 Å². The van der Waals surface area contributed by atoms with E-state index < -0.39 is 0 Å². The molecule has 5 aromatic rings. The fourth-order valence-electron chi connectivity index (χ4n) is 3.54. The average molecular weight is 388 g/mol. The summed E-state index contributed by atoms with van der Waals surface area (Å²) < 4.78 is 6.12. The zero-order valence-electron chi connectivity index (χ0n) is 16.6. The van der Waals surface area contributed by atoms with Crippen molar-refractivity contribution in [3.63, 3.8) is 0 Å². The van der Waals surface area contributed by atoms with Crippen LogP contribution in [0.5, 0.6) is 11.6 Å². The Kier molecular flexibility index (Phi) is 4.70. The summed E-state index contributed by atoms with van der Waals surface area (Å²) in [6, 6.07) is 34.8. The third kappa shape index (κ3) is 3.53. The van der Waals surface area contributed by atoms with Gasteiger partial charge in [-0.1, -0.05) is 90.5 Å². The van der Waals surface area contributed by atoms with Gasteiger partial charge in [-0.25, -0.2) is 0 Å². The van der Waals surface area contributed by atoms with Gasteiger partial charge in [0.25, 0.3) is 0 Å². The zero-order valence-corrected chi connectivity index (χ0v) is 16.6. The Morgan fingerprint density at radius 1 is 0.533 bits per heavy atom. The molecule has 1 aromatic heterocycles. The summed E-state index contributed by atoms with van der Waals surface area (Å²) in [5, 5.41) is 10.9. The molecule has 0 amide bonds. The highest BCUT2D eigenvalue weighted by Crippen LogP contribution is 2.33. The van der Waals surface area contributed by atoms with Gasteiger partial charge in [0, 0.05) is 16.3 Å². The van der Waals surface area contributed by atoms with Crippen LogP contribution in [0.25, 0.3) is 33.2 Å². The minimum Gasteiger partial charge on any atom is -0.437 e. The van der Waals surface area contributed by atoms with Crippen LogP contribution < -0.4 is 4.74 Å². The Morgan fingerprint density at radius 2 is 1.13 bits per heavy atom. The normalized spacial score (nSPS) is 10.8. The third-order valence-electron chi connectivity index (χ3n) is 5.15. The van der Waals surface area contributed by atoms with E-state index in [9.17, 15) is 0 Å². The van der Waals surface area contributed by atoms with Gasteiger partial charge in [0.2, 0.25) is 5.88 Å². The molecule has 0 bridgehead atoms. The second kappa shape index (κ2) is 7.80. The van der Waals surface area contributed by atoms with Gasteiger partial charge >= 0.3 is 0 Å². The first-order valence-electron chi connectivity index (χ1n) is 9.94. The summed E-state index contributed by atoms with van der Waals surface area (Å²) in [5.41, 5.74) is 5.45. The Morgan fingerprint density at radius 3 is 1.87 bits per heavy atom. The molecule has 0 saturated heterocycles. The van der Waals surface area contributed by atoms with Gasteiger partial charge in [0.05, 0.1) is 0 Å². The van der Waals surface area contributed by atoms with E-state index in [0.717, 1.165) is 33.3 Å². The third-order valence-corrected chi connectivity index (χ3v) is 5.15. The predicted octanol–water partition coefficient (Wildman–Crippen LogP) is 7.06. The molecule has 0 aliphatic rings. The minimum absolute atomic E-state index is 0.508. The molecule has 0 radical (unpaired) electrons. The summed E-state index contributed by atoms with van der Waals surface area (Å²) >= 11 is 0. The number of aromatic nitrogens is 2. The molecule has 3 heteroatoms. The molecular weight excluding hydrogens is 368 g/mol. The molecule has 5 rings (SSSR count). The number of aryl methyl sites for hydroxylation is 1. The van der Waals surface area contributed by atoms with E-state index in [2.05, 4.69) is 71.7 Å². The van der Waals surface area contributed by atoms with E-state index in [1.807, 2.05) is 48.5 Å². The smallest absolute Gasteiger partial charge is 0.246 e. The largest absolute Gasteiger partial charge is 0.437 e. The van der Waals surface area contributed by atoms with Crippen molar-refractivity contribution in [1.82, 2.24) is 10.2 Å². The minimum atomic E-state index is 0.508. The van der Waals surface area contributed by atoms with E-state index in [-0.39, 0.29) is 0 Å². The highest BCUT2D eigenvalue weighted by Gasteiger charge is 2.12. The van der Waals surface area contributed by atoms with Crippen molar-refractivity contribution in [1.29, 1.82) is 0 Å². The van der Waals surface area contributed by atoms with Crippen LogP contribution in [-0.4, -0.2) is 10.2 Å². The molecule has 0 saturated carbocycles. The lowest BCUT2D eigenvalue weighted by atomic mass is 10.0. The fraction of sp³-hybridized carbons (Fsp3) is 0.0370. The maximum Gasteiger partial charge on any atom is 0.246 e. The Balaban J connectivity index is 1.49. The van der Waals surface area contributed by atoms with Crippen LogP contribution in [0.2, 0.25) is 0 Å². The molecule has 0 spiro atoms. The summed E-state index contributed by atoms with van der Waals surface area (Å²) in [5.74, 6) is 1.24. The van der Waals surface area contributed by atoms with Crippen LogP contribution in [-0.2, 0) is 0 Å². The van der Waals surface area contributed by atoms with Gasteiger partial charge in [0.15, 0.2) is 0 Å². The highest BCUT2D eigenvalue weighted by molar-refractivity contribution is 5.97. The molecule has 0 aliphatic carbocycles. The van der Waals surface area contributed by atoms with E-state index in [0.29, 0.717) is 5.88 Å². The lowest BCUT2D eigenvalue weighted by molar-refractivity contribution is 0.462. The summed E-state index contributed by atoms with van der Waals surface area (Å²) in [6.45, 7) is 2.08. The van der Waals surface area contributed by atoms with Crippen LogP contribution in [0.4, 0.5) is 0 Å². The first kappa shape index (κ1) is 18.1. The molecular formula is C27H20N2O. The average Bonchev–Trinajstić information content (AvgIpc) is 2.81. The lowest BCUT2D eigenvalue weighted by Crippen LogP contribution is -1.96. The van der Waals surface area contributed by atoms with Gasteiger partial charge in [-0.05, 0) is 36.2 Å². The van der Waals surface area contributed by atoms with Crippen LogP contribution in [0.3, 0.4) is 0 Å². The van der Waals surface area contributed by atoms with E-state index in [1.165, 1.54) is 11.1 Å². The highest BCUT2D eigenvalue weighted by atomic mass is 16.5. The van der Waals surface area contributed by atoms with Crippen LogP contribution in [0, 0.1) is 6.92 Å². The lowest BCUT2D eigenvalue weighted by Gasteiger charge is -2.11. The molecule has 0 unspecified atom stereocenters. The standard InChI is InChI=1S/C27H20N2O/c1-19-11-13-22(14-12-19)26-24-9-5-6-10-25(24)27(29-28-26)30-23-17-15-21(16-18-23)20-7-3-2-4-8-20/h2-18H,1H3. The molecule has 30 heavy (non-hydrogen) atoms. The number of hydrogen-bond donors (Lipinski definition) is 0. The zero-order chi connectivity index (χ0) is 20.3. The topological polar surface area (TPSA) is 35.0 Å². The van der Waals surface area contributed by atoms with Crippen molar-refractivity contribution in [3.8, 4) is 34.0 Å². The number of nitrogens with zero attached hydrogens (tertiary/aromatic N) is 2. The maximum absolute atomic E-state index is 6.12. The molecule has 0 fully saturated rings. The number of fused-ring (bicyclic) bond motifs is 1. The summed E-state index contributed by atoms with van der Waals surface area (Å²) in [6.07, 6.45) is 0. The number of ether oxygens (including phenoxy) is 1. The second-order valence-electron chi connectivity index (χ2n) is 7.26. The molecule has 0 aliphatic heterocycles. The van der Waals surface area contributed by atoms with Gasteiger partial charge in [-0.3, -0.25) is 0 Å². The molecule has 144 valence electrons. The van der Waals surface area contributed by atoms with Crippen molar-refractivity contribution < 1.29 is 4.74 Å². The van der Waals surface area contributed by atoms with Gasteiger partial charge in [-0.2, -0.15) is 0 Å². The molecule has 1 heterocycles. The van der Waals surface area contributed by atoms with Gasteiger partial charge in [0.1, 0.15) is 11.4 Å². The van der Waals surface area contributed by atoms with Crippen molar-refractivity contribution in [2.45, 2.75) is 6.92 Å². The van der Waals surface area contributed by atoms with E-state index in [4.69, 9.17) is 4.74 Å². The van der Waals surface area contributed by atoms with Crippen LogP contribution >= 0.6 is 0 Å². The summed E-state index contributed by atoms with van der Waals surface area (Å²) in [7, 11) is 0. The first-order chi connectivity index (χ1) is 14.8. The van der Waals surface area contributed by atoms with Crippen molar-refractivity contribution in [3.05, 3.63) is 109 Å². The first-order valence-corrected chi connectivity index (χ1v) is 9.94. The molecule has 3 nitrogen and oxygen atoms in total. The SMILES string of the molecule is Cc1ccc(-c2nnc(Oc3ccc(-c4ccccc4)cc3)c3ccccc23)cc1. The molecule has 0 N–H and O–H groups in total. The quantitative estimate of drug-likeness (QED) is 0.330. The second-order valence-corrected chi connectivity index (χ2v) is 7.26. The van der Waals surface area contributed by atoms with Crippen molar-refractivity contribution in [2.24, 2.45) is 0 Å². The van der Waals surface area contributed by atoms with Crippen LogP contribution in [0.1, 0.15) is 5.56 Å². The van der Waals surface area contributed by atoms with Gasteiger partial charge in [-0.15, -0.1) is 10.2 Å².